The molecule has 0 aliphatic heterocycles. The number of hydrogen-bond acceptors (Lipinski definition) is 4. The van der Waals surface area contributed by atoms with Crippen LogP contribution in [0.5, 0.6) is 0 Å². The van der Waals surface area contributed by atoms with E-state index < -0.39 is 4.92 Å². The van der Waals surface area contributed by atoms with E-state index >= 15 is 0 Å². The minimum atomic E-state index is -0.428. The molecule has 6 heteroatoms. The fourth-order valence-electron chi connectivity index (χ4n) is 3.95. The van der Waals surface area contributed by atoms with E-state index in [0.717, 1.165) is 6.42 Å². The molecule has 2 N–H and O–H groups in total. The number of nitrogens with one attached hydrogen (secondary N) is 2. The molecule has 2 unspecified atom stereocenters. The van der Waals surface area contributed by atoms with Crippen LogP contribution in [0.3, 0.4) is 0 Å². The molecule has 2 rings (SSSR count). The standard InChI is InChI=1S/C20H31N3O3/c1-14-16(10-7-11-18(14)23(25)26)22-19(24)12-13-21-17-9-6-5-8-15(17)20(2,3)4/h7,10-11,15,17,21H,5-6,8-9,12-13H2,1-4H3,(H,22,24). The number of carbonyl (C=O) groups excluding carboxylic acids is 1. The zero-order valence-corrected chi connectivity index (χ0v) is 16.3. The highest BCUT2D eigenvalue weighted by molar-refractivity contribution is 5.92. The molecule has 0 saturated heterocycles. The number of amides is 1. The van der Waals surface area contributed by atoms with E-state index in [1.807, 2.05) is 0 Å². The van der Waals surface area contributed by atoms with E-state index in [-0.39, 0.29) is 17.0 Å². The third kappa shape index (κ3) is 5.27. The van der Waals surface area contributed by atoms with Crippen molar-refractivity contribution in [1.82, 2.24) is 5.32 Å². The van der Waals surface area contributed by atoms with Crippen molar-refractivity contribution in [2.24, 2.45) is 11.3 Å². The van der Waals surface area contributed by atoms with Gasteiger partial charge in [-0.3, -0.25) is 14.9 Å². The van der Waals surface area contributed by atoms with Gasteiger partial charge in [0.15, 0.2) is 0 Å². The molecule has 26 heavy (non-hydrogen) atoms. The number of carbonyl (C=O) groups is 1. The molecule has 1 aliphatic rings. The summed E-state index contributed by atoms with van der Waals surface area (Å²) in [6, 6.07) is 5.19. The highest BCUT2D eigenvalue weighted by Gasteiger charge is 2.33. The normalized spacial score (nSPS) is 20.6. The van der Waals surface area contributed by atoms with Gasteiger partial charge in [-0.25, -0.2) is 0 Å². The molecule has 0 bridgehead atoms. The molecule has 1 aliphatic carbocycles. The summed E-state index contributed by atoms with van der Waals surface area (Å²) in [4.78, 5) is 22.8. The van der Waals surface area contributed by atoms with E-state index in [0.29, 0.717) is 36.2 Å². The highest BCUT2D eigenvalue weighted by Crippen LogP contribution is 2.37. The summed E-state index contributed by atoms with van der Waals surface area (Å²) in [6.45, 7) is 9.14. The van der Waals surface area contributed by atoms with Crippen LogP contribution in [-0.2, 0) is 4.79 Å². The predicted molar refractivity (Wildman–Crippen MR) is 104 cm³/mol. The van der Waals surface area contributed by atoms with Gasteiger partial charge in [0.05, 0.1) is 16.2 Å². The van der Waals surface area contributed by atoms with Crippen molar-refractivity contribution in [2.75, 3.05) is 11.9 Å². The van der Waals surface area contributed by atoms with Gasteiger partial charge < -0.3 is 10.6 Å². The van der Waals surface area contributed by atoms with E-state index in [4.69, 9.17) is 0 Å². The first-order valence-electron chi connectivity index (χ1n) is 9.47. The third-order valence-corrected chi connectivity index (χ3v) is 5.41. The molecule has 0 radical (unpaired) electrons. The maximum Gasteiger partial charge on any atom is 0.274 e. The second-order valence-corrected chi connectivity index (χ2v) is 8.32. The number of nitrogens with zero attached hydrogens (tertiary/aromatic N) is 1. The molecule has 1 fully saturated rings. The Morgan fingerprint density at radius 3 is 2.62 bits per heavy atom. The maximum atomic E-state index is 12.2. The van der Waals surface area contributed by atoms with Gasteiger partial charge in [-0.2, -0.15) is 0 Å². The van der Waals surface area contributed by atoms with Crippen LogP contribution in [0.4, 0.5) is 11.4 Å². The summed E-state index contributed by atoms with van der Waals surface area (Å²) < 4.78 is 0. The summed E-state index contributed by atoms with van der Waals surface area (Å²) in [5.74, 6) is 0.502. The predicted octanol–water partition coefficient (Wildman–Crippen LogP) is 4.43. The fraction of sp³-hybridized carbons (Fsp3) is 0.650. The number of nitro benzene ring substituents is 1. The minimum Gasteiger partial charge on any atom is -0.326 e. The molecule has 6 nitrogen and oxygen atoms in total. The first-order valence-corrected chi connectivity index (χ1v) is 9.47. The zero-order chi connectivity index (χ0) is 19.3. The lowest BCUT2D eigenvalue weighted by molar-refractivity contribution is -0.385. The van der Waals surface area contributed by atoms with Crippen LogP contribution in [0, 0.1) is 28.4 Å². The summed E-state index contributed by atoms with van der Waals surface area (Å²) in [5.41, 5.74) is 1.28. The molecule has 2 atom stereocenters. The van der Waals surface area contributed by atoms with Crippen LogP contribution in [0.1, 0.15) is 58.4 Å². The average Bonchev–Trinajstić information content (AvgIpc) is 2.56. The maximum absolute atomic E-state index is 12.2. The number of hydrogen-bond donors (Lipinski definition) is 2. The van der Waals surface area contributed by atoms with Crippen LogP contribution in [0.25, 0.3) is 0 Å². The van der Waals surface area contributed by atoms with Crippen molar-refractivity contribution in [3.8, 4) is 0 Å². The summed E-state index contributed by atoms with van der Waals surface area (Å²) in [6.07, 6.45) is 5.28. The average molecular weight is 361 g/mol. The SMILES string of the molecule is Cc1c(NC(=O)CCNC2CCCCC2C(C)(C)C)cccc1[N+](=O)[O-]. The molecule has 144 valence electrons. The Labute approximate surface area is 155 Å². The van der Waals surface area contributed by atoms with Gasteiger partial charge in [0.1, 0.15) is 0 Å². The quantitative estimate of drug-likeness (QED) is 0.580. The van der Waals surface area contributed by atoms with Gasteiger partial charge in [-0.05, 0) is 37.2 Å². The second kappa shape index (κ2) is 8.62. The monoisotopic (exact) mass is 361 g/mol. The Morgan fingerprint density at radius 2 is 1.96 bits per heavy atom. The Kier molecular flexibility index (Phi) is 6.75. The van der Waals surface area contributed by atoms with Crippen LogP contribution >= 0.6 is 0 Å². The van der Waals surface area contributed by atoms with Crippen molar-refractivity contribution in [1.29, 1.82) is 0 Å². The number of rotatable bonds is 6. The minimum absolute atomic E-state index is 0.0242. The van der Waals surface area contributed by atoms with Crippen molar-refractivity contribution in [3.63, 3.8) is 0 Å². The van der Waals surface area contributed by atoms with Crippen molar-refractivity contribution < 1.29 is 9.72 Å². The largest absolute Gasteiger partial charge is 0.326 e. The van der Waals surface area contributed by atoms with Crippen LogP contribution in [-0.4, -0.2) is 23.4 Å². The lowest BCUT2D eigenvalue weighted by atomic mass is 9.69. The number of benzene rings is 1. The Morgan fingerprint density at radius 1 is 1.27 bits per heavy atom. The summed E-state index contributed by atoms with van der Waals surface area (Å²) in [5, 5.41) is 17.4. The highest BCUT2D eigenvalue weighted by atomic mass is 16.6. The van der Waals surface area contributed by atoms with E-state index in [1.165, 1.54) is 25.3 Å². The molecule has 0 heterocycles. The van der Waals surface area contributed by atoms with Crippen LogP contribution in [0.15, 0.2) is 18.2 Å². The smallest absolute Gasteiger partial charge is 0.274 e. The van der Waals surface area contributed by atoms with Crippen LogP contribution in [0.2, 0.25) is 0 Å². The molecule has 0 aromatic heterocycles. The molecule has 1 amide bonds. The lowest BCUT2D eigenvalue weighted by Gasteiger charge is -2.41. The Bertz CT molecular complexity index is 652. The van der Waals surface area contributed by atoms with Gasteiger partial charge in [-0.1, -0.05) is 39.7 Å². The molecule has 1 aromatic carbocycles. The first-order chi connectivity index (χ1) is 12.2. The summed E-state index contributed by atoms with van der Waals surface area (Å²) >= 11 is 0. The molecule has 1 aromatic rings. The van der Waals surface area contributed by atoms with Crippen LogP contribution < -0.4 is 10.6 Å². The van der Waals surface area contributed by atoms with E-state index in [2.05, 4.69) is 31.4 Å². The van der Waals surface area contributed by atoms with Crippen molar-refractivity contribution in [2.45, 2.75) is 65.8 Å². The first kappa shape index (κ1) is 20.4. The number of nitro groups is 1. The molecular weight excluding hydrogens is 330 g/mol. The number of anilines is 1. The summed E-state index contributed by atoms with van der Waals surface area (Å²) in [7, 11) is 0. The Hall–Kier alpha value is -1.95. The third-order valence-electron chi connectivity index (χ3n) is 5.41. The molecular formula is C20H31N3O3. The Balaban J connectivity index is 1.87. The van der Waals surface area contributed by atoms with Gasteiger partial charge in [0, 0.05) is 25.1 Å². The second-order valence-electron chi connectivity index (χ2n) is 8.32. The van der Waals surface area contributed by atoms with Crippen molar-refractivity contribution in [3.05, 3.63) is 33.9 Å². The van der Waals surface area contributed by atoms with Gasteiger partial charge >= 0.3 is 0 Å². The van der Waals surface area contributed by atoms with Gasteiger partial charge in [0.25, 0.3) is 5.69 Å². The van der Waals surface area contributed by atoms with E-state index in [1.54, 1.807) is 19.1 Å². The fourth-order valence-corrected chi connectivity index (χ4v) is 3.95. The molecule has 1 saturated carbocycles. The van der Waals surface area contributed by atoms with Gasteiger partial charge in [-0.15, -0.1) is 0 Å². The lowest BCUT2D eigenvalue weighted by Crippen LogP contribution is -2.45. The van der Waals surface area contributed by atoms with Crippen molar-refractivity contribution >= 4 is 17.3 Å². The van der Waals surface area contributed by atoms with Gasteiger partial charge in [0.2, 0.25) is 5.91 Å². The topological polar surface area (TPSA) is 84.3 Å². The zero-order valence-electron chi connectivity index (χ0n) is 16.3. The molecule has 0 spiro atoms. The van der Waals surface area contributed by atoms with E-state index in [9.17, 15) is 14.9 Å².